The van der Waals surface area contributed by atoms with E-state index in [0.29, 0.717) is 21.9 Å². The van der Waals surface area contributed by atoms with Gasteiger partial charge in [-0.3, -0.25) is 25.0 Å². The molecule has 0 aromatic heterocycles. The summed E-state index contributed by atoms with van der Waals surface area (Å²) in [6.45, 7) is 0.121. The Balaban J connectivity index is 1.53. The van der Waals surface area contributed by atoms with Gasteiger partial charge in [0.1, 0.15) is 17.9 Å². The van der Waals surface area contributed by atoms with Crippen molar-refractivity contribution < 1.29 is 24.0 Å². The minimum absolute atomic E-state index is 0.0268. The Morgan fingerprint density at radius 2 is 1.74 bits per heavy atom. The number of benzene rings is 3. The van der Waals surface area contributed by atoms with Crippen molar-refractivity contribution in [1.29, 1.82) is 0 Å². The molecule has 1 aliphatic rings. The van der Waals surface area contributed by atoms with Crippen molar-refractivity contribution in [2.24, 2.45) is 0 Å². The molecule has 176 valence electrons. The number of non-ortho nitro benzene ring substituents is 1. The molecule has 4 rings (SSSR count). The highest BCUT2D eigenvalue weighted by Gasteiger charge is 2.36. The van der Waals surface area contributed by atoms with Crippen LogP contribution in [-0.4, -0.2) is 22.8 Å². The first-order chi connectivity index (χ1) is 16.7. The van der Waals surface area contributed by atoms with Gasteiger partial charge in [0.25, 0.3) is 17.5 Å². The van der Waals surface area contributed by atoms with Crippen molar-refractivity contribution in [1.82, 2.24) is 5.32 Å². The molecule has 1 saturated heterocycles. The molecule has 0 atom stereocenters. The number of imide groups is 2. The number of carbonyl (C=O) groups excluding carboxylic acids is 3. The lowest BCUT2D eigenvalue weighted by molar-refractivity contribution is -0.384. The third kappa shape index (κ3) is 5.32. The summed E-state index contributed by atoms with van der Waals surface area (Å²) >= 11 is 12.3. The van der Waals surface area contributed by atoms with Gasteiger partial charge in [-0.1, -0.05) is 35.3 Å². The lowest BCUT2D eigenvalue weighted by Crippen LogP contribution is -2.54. The summed E-state index contributed by atoms with van der Waals surface area (Å²) < 4.78 is 5.68. The lowest BCUT2D eigenvalue weighted by Gasteiger charge is -2.26. The highest BCUT2D eigenvalue weighted by Crippen LogP contribution is 2.29. The number of rotatable bonds is 6. The largest absolute Gasteiger partial charge is 0.487 e. The van der Waals surface area contributed by atoms with Crippen LogP contribution in [0.25, 0.3) is 6.08 Å². The second-order valence-corrected chi connectivity index (χ2v) is 8.18. The molecule has 1 aliphatic heterocycles. The maximum absolute atomic E-state index is 13.0. The third-order valence-corrected chi connectivity index (χ3v) is 5.51. The van der Waals surface area contributed by atoms with Crippen molar-refractivity contribution in [3.05, 3.63) is 104 Å². The van der Waals surface area contributed by atoms with Gasteiger partial charge in [0.05, 0.1) is 15.6 Å². The van der Waals surface area contributed by atoms with Crippen LogP contribution < -0.4 is 15.0 Å². The molecule has 1 heterocycles. The minimum Gasteiger partial charge on any atom is -0.487 e. The van der Waals surface area contributed by atoms with E-state index < -0.39 is 22.8 Å². The van der Waals surface area contributed by atoms with Crippen molar-refractivity contribution in [2.45, 2.75) is 6.61 Å². The molecule has 3 aromatic rings. The summed E-state index contributed by atoms with van der Waals surface area (Å²) in [6.07, 6.45) is 1.31. The summed E-state index contributed by atoms with van der Waals surface area (Å²) in [5.74, 6) is -1.31. The topological polar surface area (TPSA) is 119 Å². The molecular weight excluding hydrogens is 497 g/mol. The molecule has 11 heteroatoms. The van der Waals surface area contributed by atoms with Crippen LogP contribution in [-0.2, 0) is 16.2 Å². The van der Waals surface area contributed by atoms with Gasteiger partial charge in [-0.2, -0.15) is 0 Å². The van der Waals surface area contributed by atoms with Crippen LogP contribution >= 0.6 is 23.2 Å². The monoisotopic (exact) mass is 511 g/mol. The Hall–Kier alpha value is -4.21. The molecule has 1 N–H and O–H groups in total. The van der Waals surface area contributed by atoms with E-state index in [9.17, 15) is 24.5 Å². The molecule has 0 unspecified atom stereocenters. The summed E-state index contributed by atoms with van der Waals surface area (Å²) in [5, 5.41) is 13.4. The quantitative estimate of drug-likeness (QED) is 0.211. The predicted octanol–water partition coefficient (Wildman–Crippen LogP) is 5.15. The Morgan fingerprint density at radius 1 is 1.00 bits per heavy atom. The number of ether oxygens (including phenoxy) is 1. The van der Waals surface area contributed by atoms with Gasteiger partial charge in [-0.15, -0.1) is 0 Å². The Bertz CT molecular complexity index is 1390. The fourth-order valence-electron chi connectivity index (χ4n) is 3.27. The molecule has 0 radical (unpaired) electrons. The molecule has 0 saturated carbocycles. The van der Waals surface area contributed by atoms with Crippen molar-refractivity contribution in [2.75, 3.05) is 4.90 Å². The molecule has 0 spiro atoms. The van der Waals surface area contributed by atoms with Gasteiger partial charge in [-0.05, 0) is 59.7 Å². The predicted molar refractivity (Wildman–Crippen MR) is 129 cm³/mol. The summed E-state index contributed by atoms with van der Waals surface area (Å²) in [6, 6.07) is 15.8. The highest BCUT2D eigenvalue weighted by atomic mass is 35.5. The fourth-order valence-corrected chi connectivity index (χ4v) is 3.70. The SMILES string of the molecule is O=C1NC(=O)N(c2cccc(Cl)c2)C(=O)/C1=C/c1ccc(OCc2ccc([N+](=O)[O-])cc2)c(Cl)c1. The molecular formula is C24H15Cl2N3O6. The average molecular weight is 512 g/mol. The second kappa shape index (κ2) is 9.96. The van der Waals surface area contributed by atoms with Crippen LogP contribution in [0.4, 0.5) is 16.2 Å². The number of amides is 4. The number of carbonyl (C=O) groups is 3. The molecule has 1 fully saturated rings. The van der Waals surface area contributed by atoms with Crippen LogP contribution in [0.1, 0.15) is 11.1 Å². The minimum atomic E-state index is -0.882. The number of halogens is 2. The van der Waals surface area contributed by atoms with E-state index in [1.807, 2.05) is 0 Å². The number of nitro groups is 1. The normalized spacial score (nSPS) is 14.7. The van der Waals surface area contributed by atoms with Crippen LogP contribution in [0.5, 0.6) is 5.75 Å². The fraction of sp³-hybridized carbons (Fsp3) is 0.0417. The maximum Gasteiger partial charge on any atom is 0.335 e. The van der Waals surface area contributed by atoms with Crippen LogP contribution in [0.15, 0.2) is 72.3 Å². The van der Waals surface area contributed by atoms with E-state index in [0.717, 1.165) is 4.90 Å². The summed E-state index contributed by atoms with van der Waals surface area (Å²) in [5.41, 5.74) is 1.05. The number of urea groups is 1. The smallest absolute Gasteiger partial charge is 0.335 e. The van der Waals surface area contributed by atoms with E-state index in [4.69, 9.17) is 27.9 Å². The Kier molecular flexibility index (Phi) is 6.81. The number of barbiturate groups is 1. The first-order valence-electron chi connectivity index (χ1n) is 10.1. The number of nitrogens with zero attached hydrogens (tertiary/aromatic N) is 2. The van der Waals surface area contributed by atoms with Crippen molar-refractivity contribution >= 4 is 58.5 Å². The van der Waals surface area contributed by atoms with E-state index in [1.54, 1.807) is 36.4 Å². The first-order valence-corrected chi connectivity index (χ1v) is 10.8. The Labute approximate surface area is 208 Å². The van der Waals surface area contributed by atoms with Gasteiger partial charge in [0.15, 0.2) is 0 Å². The zero-order valence-electron chi connectivity index (χ0n) is 17.7. The second-order valence-electron chi connectivity index (χ2n) is 7.34. The van der Waals surface area contributed by atoms with Crippen LogP contribution in [0, 0.1) is 10.1 Å². The molecule has 4 amide bonds. The summed E-state index contributed by atoms with van der Waals surface area (Å²) in [7, 11) is 0. The van der Waals surface area contributed by atoms with Gasteiger partial charge in [0.2, 0.25) is 0 Å². The van der Waals surface area contributed by atoms with Crippen LogP contribution in [0.2, 0.25) is 10.0 Å². The van der Waals surface area contributed by atoms with Gasteiger partial charge < -0.3 is 4.74 Å². The average Bonchev–Trinajstić information content (AvgIpc) is 2.81. The van der Waals surface area contributed by atoms with Crippen LogP contribution in [0.3, 0.4) is 0 Å². The molecule has 0 bridgehead atoms. The zero-order chi connectivity index (χ0) is 25.1. The van der Waals surface area contributed by atoms with Gasteiger partial charge in [0, 0.05) is 17.2 Å². The van der Waals surface area contributed by atoms with E-state index in [-0.39, 0.29) is 28.6 Å². The molecule has 35 heavy (non-hydrogen) atoms. The first kappa shape index (κ1) is 23.9. The zero-order valence-corrected chi connectivity index (χ0v) is 19.2. The lowest BCUT2D eigenvalue weighted by atomic mass is 10.1. The third-order valence-electron chi connectivity index (χ3n) is 4.98. The number of anilines is 1. The standard InChI is InChI=1S/C24H15Cl2N3O6/c25-16-2-1-3-18(12-16)28-23(31)19(22(30)27-24(28)32)10-15-6-9-21(20(26)11-15)35-13-14-4-7-17(8-5-14)29(33)34/h1-12H,13H2,(H,27,30,32)/b19-10+. The molecule has 9 nitrogen and oxygen atoms in total. The maximum atomic E-state index is 13.0. The number of hydrogen-bond donors (Lipinski definition) is 1. The van der Waals surface area contributed by atoms with E-state index in [2.05, 4.69) is 5.32 Å². The van der Waals surface area contributed by atoms with Crippen molar-refractivity contribution in [3.8, 4) is 5.75 Å². The molecule has 3 aromatic carbocycles. The van der Waals surface area contributed by atoms with Gasteiger partial charge in [-0.25, -0.2) is 9.69 Å². The van der Waals surface area contributed by atoms with Crippen molar-refractivity contribution in [3.63, 3.8) is 0 Å². The highest BCUT2D eigenvalue weighted by molar-refractivity contribution is 6.39. The van der Waals surface area contributed by atoms with E-state index >= 15 is 0 Å². The number of hydrogen-bond acceptors (Lipinski definition) is 6. The molecule has 0 aliphatic carbocycles. The Morgan fingerprint density at radius 3 is 2.40 bits per heavy atom. The summed E-state index contributed by atoms with van der Waals surface area (Å²) in [4.78, 5) is 48.7. The number of nitro benzene ring substituents is 1. The number of nitrogens with one attached hydrogen (secondary N) is 1. The van der Waals surface area contributed by atoms with E-state index in [1.165, 1.54) is 36.4 Å². The van der Waals surface area contributed by atoms with Gasteiger partial charge >= 0.3 is 6.03 Å².